The second-order valence-corrected chi connectivity index (χ2v) is 6.28. The predicted molar refractivity (Wildman–Crippen MR) is 60.0 cm³/mol. The standard InChI is InChI=1S/C10H14INO2/c1-9-4-10(5-12,6-13)2-7(9)8(11)3-14-9/h7-8,13H,2-4,6H2,1H3/t7?,8-,9?,10?/m1/s1. The lowest BCUT2D eigenvalue weighted by Gasteiger charge is -2.24. The molecule has 0 aromatic heterocycles. The third-order valence-corrected chi connectivity index (χ3v) is 4.86. The van der Waals surface area contributed by atoms with Crippen LogP contribution in [0.4, 0.5) is 0 Å². The average Bonchev–Trinajstić information content (AvgIpc) is 2.62. The molecule has 3 unspecified atom stereocenters. The molecule has 1 heterocycles. The monoisotopic (exact) mass is 307 g/mol. The van der Waals surface area contributed by atoms with Crippen molar-refractivity contribution >= 4 is 22.6 Å². The summed E-state index contributed by atoms with van der Waals surface area (Å²) in [4.78, 5) is 0. The van der Waals surface area contributed by atoms with Gasteiger partial charge in [0.15, 0.2) is 0 Å². The van der Waals surface area contributed by atoms with Crippen LogP contribution in [0.2, 0.25) is 0 Å². The minimum Gasteiger partial charge on any atom is -0.395 e. The van der Waals surface area contributed by atoms with Crippen LogP contribution in [-0.2, 0) is 4.74 Å². The number of fused-ring (bicyclic) bond motifs is 1. The number of nitrogens with zero attached hydrogens (tertiary/aromatic N) is 1. The topological polar surface area (TPSA) is 53.2 Å². The van der Waals surface area contributed by atoms with Crippen LogP contribution in [0.1, 0.15) is 19.8 Å². The molecule has 0 radical (unpaired) electrons. The van der Waals surface area contributed by atoms with Gasteiger partial charge in [-0.05, 0) is 19.8 Å². The zero-order valence-electron chi connectivity index (χ0n) is 8.16. The highest BCUT2D eigenvalue weighted by atomic mass is 127. The molecule has 1 aliphatic heterocycles. The minimum atomic E-state index is -0.552. The Labute approximate surface area is 97.6 Å². The molecule has 4 atom stereocenters. The summed E-state index contributed by atoms with van der Waals surface area (Å²) in [5, 5.41) is 18.4. The third-order valence-electron chi connectivity index (χ3n) is 3.63. The number of halogens is 1. The maximum atomic E-state index is 9.29. The summed E-state index contributed by atoms with van der Waals surface area (Å²) in [6.45, 7) is 2.82. The van der Waals surface area contributed by atoms with Gasteiger partial charge < -0.3 is 9.84 Å². The van der Waals surface area contributed by atoms with Gasteiger partial charge in [-0.15, -0.1) is 0 Å². The fourth-order valence-electron chi connectivity index (χ4n) is 2.81. The molecular weight excluding hydrogens is 293 g/mol. The van der Waals surface area contributed by atoms with Crippen LogP contribution < -0.4 is 0 Å². The number of nitriles is 1. The lowest BCUT2D eigenvalue weighted by atomic mass is 9.87. The fourth-order valence-corrected chi connectivity index (χ4v) is 4.00. The van der Waals surface area contributed by atoms with E-state index in [2.05, 4.69) is 35.6 Å². The first-order valence-electron chi connectivity index (χ1n) is 4.85. The molecule has 1 aliphatic carbocycles. The predicted octanol–water partition coefficient (Wildman–Crippen LogP) is 1.49. The largest absolute Gasteiger partial charge is 0.395 e. The molecule has 0 bridgehead atoms. The summed E-state index contributed by atoms with van der Waals surface area (Å²) in [5.74, 6) is 0.426. The zero-order chi connectivity index (χ0) is 10.4. The quantitative estimate of drug-likeness (QED) is 0.590. The van der Waals surface area contributed by atoms with E-state index in [-0.39, 0.29) is 12.2 Å². The highest BCUT2D eigenvalue weighted by molar-refractivity contribution is 14.1. The van der Waals surface area contributed by atoms with E-state index in [1.165, 1.54) is 0 Å². The number of aliphatic hydroxyl groups excluding tert-OH is 1. The Balaban J connectivity index is 2.25. The summed E-state index contributed by atoms with van der Waals surface area (Å²) in [6.07, 6.45) is 1.46. The van der Waals surface area contributed by atoms with Gasteiger partial charge in [0, 0.05) is 9.84 Å². The van der Waals surface area contributed by atoms with Crippen molar-refractivity contribution in [2.75, 3.05) is 13.2 Å². The molecule has 4 heteroatoms. The zero-order valence-corrected chi connectivity index (χ0v) is 10.3. The lowest BCUT2D eigenvalue weighted by molar-refractivity contribution is -0.00229. The summed E-state index contributed by atoms with van der Waals surface area (Å²) < 4.78 is 6.25. The molecule has 1 saturated carbocycles. The fraction of sp³-hybridized carbons (Fsp3) is 0.900. The van der Waals surface area contributed by atoms with Gasteiger partial charge in [-0.3, -0.25) is 0 Å². The van der Waals surface area contributed by atoms with Gasteiger partial charge in [0.1, 0.15) is 0 Å². The minimum absolute atomic E-state index is 0.0394. The van der Waals surface area contributed by atoms with Crippen LogP contribution in [0.5, 0.6) is 0 Å². The molecule has 0 spiro atoms. The van der Waals surface area contributed by atoms with Crippen LogP contribution in [0.25, 0.3) is 0 Å². The van der Waals surface area contributed by atoms with Crippen molar-refractivity contribution in [3.05, 3.63) is 0 Å². The van der Waals surface area contributed by atoms with E-state index in [1.54, 1.807) is 0 Å². The SMILES string of the molecule is CC12CC(C#N)(CO)CC1[C@H](I)CO2. The first-order valence-corrected chi connectivity index (χ1v) is 6.10. The van der Waals surface area contributed by atoms with Crippen LogP contribution in [0.3, 0.4) is 0 Å². The van der Waals surface area contributed by atoms with Crippen molar-refractivity contribution in [2.45, 2.75) is 29.3 Å². The third kappa shape index (κ3) is 1.37. The van der Waals surface area contributed by atoms with Crippen molar-refractivity contribution in [2.24, 2.45) is 11.3 Å². The van der Waals surface area contributed by atoms with E-state index in [9.17, 15) is 5.11 Å². The summed E-state index contributed by atoms with van der Waals surface area (Å²) in [5.41, 5.74) is -0.729. The van der Waals surface area contributed by atoms with Gasteiger partial charge >= 0.3 is 0 Å². The van der Waals surface area contributed by atoms with Crippen LogP contribution >= 0.6 is 22.6 Å². The van der Waals surface area contributed by atoms with Crippen molar-refractivity contribution < 1.29 is 9.84 Å². The summed E-state index contributed by atoms with van der Waals surface area (Å²) >= 11 is 2.39. The number of aliphatic hydroxyl groups is 1. The molecule has 0 aromatic rings. The highest BCUT2D eigenvalue weighted by Gasteiger charge is 2.58. The maximum Gasteiger partial charge on any atom is 0.0835 e. The Morgan fingerprint density at radius 1 is 1.71 bits per heavy atom. The first kappa shape index (κ1) is 10.7. The van der Waals surface area contributed by atoms with E-state index < -0.39 is 5.41 Å². The van der Waals surface area contributed by atoms with E-state index in [0.29, 0.717) is 16.3 Å². The smallest absolute Gasteiger partial charge is 0.0835 e. The van der Waals surface area contributed by atoms with Crippen LogP contribution in [0, 0.1) is 22.7 Å². The number of alkyl halides is 1. The van der Waals surface area contributed by atoms with Crippen LogP contribution in [0.15, 0.2) is 0 Å². The van der Waals surface area contributed by atoms with E-state index in [4.69, 9.17) is 10.00 Å². The molecule has 1 saturated heterocycles. The molecule has 3 nitrogen and oxygen atoms in total. The first-order chi connectivity index (χ1) is 6.55. The molecule has 0 amide bonds. The van der Waals surface area contributed by atoms with Gasteiger partial charge in [0.25, 0.3) is 0 Å². The molecule has 2 aliphatic rings. The maximum absolute atomic E-state index is 9.29. The molecule has 0 aromatic carbocycles. The normalized spacial score (nSPS) is 51.6. The lowest BCUT2D eigenvalue weighted by Crippen LogP contribution is -2.29. The van der Waals surface area contributed by atoms with Gasteiger partial charge in [-0.2, -0.15) is 5.26 Å². The Bertz CT molecular complexity index is 290. The molecular formula is C10H14INO2. The van der Waals surface area contributed by atoms with E-state index >= 15 is 0 Å². The Kier molecular flexibility index (Phi) is 2.53. The number of rotatable bonds is 1. The number of ether oxygens (including phenoxy) is 1. The van der Waals surface area contributed by atoms with Crippen molar-refractivity contribution in [3.8, 4) is 6.07 Å². The molecule has 14 heavy (non-hydrogen) atoms. The molecule has 2 rings (SSSR count). The van der Waals surface area contributed by atoms with Gasteiger partial charge in [0.2, 0.25) is 0 Å². The number of hydrogen-bond acceptors (Lipinski definition) is 3. The van der Waals surface area contributed by atoms with Gasteiger partial charge in [0.05, 0.1) is 30.3 Å². The summed E-state index contributed by atoms with van der Waals surface area (Å²) in [6, 6.07) is 2.27. The second-order valence-electron chi connectivity index (χ2n) is 4.68. The second kappa shape index (κ2) is 3.32. The van der Waals surface area contributed by atoms with E-state index in [0.717, 1.165) is 13.0 Å². The van der Waals surface area contributed by atoms with Gasteiger partial charge in [-0.1, -0.05) is 22.6 Å². The Morgan fingerprint density at radius 3 is 2.93 bits per heavy atom. The molecule has 78 valence electrons. The van der Waals surface area contributed by atoms with Crippen molar-refractivity contribution in [3.63, 3.8) is 0 Å². The highest BCUT2D eigenvalue weighted by Crippen LogP contribution is 2.55. The van der Waals surface area contributed by atoms with Crippen molar-refractivity contribution in [1.29, 1.82) is 5.26 Å². The van der Waals surface area contributed by atoms with Crippen LogP contribution in [-0.4, -0.2) is 27.8 Å². The van der Waals surface area contributed by atoms with Gasteiger partial charge in [-0.25, -0.2) is 0 Å². The number of hydrogen-bond donors (Lipinski definition) is 1. The molecule has 1 N–H and O–H groups in total. The molecule has 2 fully saturated rings. The van der Waals surface area contributed by atoms with Crippen molar-refractivity contribution in [1.82, 2.24) is 0 Å². The average molecular weight is 307 g/mol. The Morgan fingerprint density at radius 2 is 2.43 bits per heavy atom. The Hall–Kier alpha value is 0.140. The summed E-state index contributed by atoms with van der Waals surface area (Å²) in [7, 11) is 0. The van der Waals surface area contributed by atoms with E-state index in [1.807, 2.05) is 0 Å².